The molecule has 0 aliphatic carbocycles. The summed E-state index contributed by atoms with van der Waals surface area (Å²) < 4.78 is 10.8. The Balaban J connectivity index is 1.97. The zero-order valence-electron chi connectivity index (χ0n) is 10.4. The lowest BCUT2D eigenvalue weighted by atomic mass is 10.1. The second-order valence-electron chi connectivity index (χ2n) is 3.89. The summed E-state index contributed by atoms with van der Waals surface area (Å²) in [7, 11) is 0. The third-order valence-corrected chi connectivity index (χ3v) is 2.92. The molecule has 0 aliphatic rings. The zero-order chi connectivity index (χ0) is 13.7. The Kier molecular flexibility index (Phi) is 4.68. The minimum atomic E-state index is -0.360. The minimum absolute atomic E-state index is 0.0151. The molecular formula is C13H13BrN2O3. The highest BCUT2D eigenvalue weighted by Gasteiger charge is 2.12. The first kappa shape index (κ1) is 13.7. The van der Waals surface area contributed by atoms with E-state index < -0.39 is 0 Å². The van der Waals surface area contributed by atoms with E-state index >= 15 is 0 Å². The summed E-state index contributed by atoms with van der Waals surface area (Å²) >= 11 is 3.38. The van der Waals surface area contributed by atoms with Crippen molar-refractivity contribution in [2.24, 2.45) is 0 Å². The maximum atomic E-state index is 11.3. The zero-order valence-corrected chi connectivity index (χ0v) is 12.0. The number of carbonyl (C=O) groups is 1. The van der Waals surface area contributed by atoms with Crippen molar-refractivity contribution in [2.75, 3.05) is 6.61 Å². The molecule has 0 aliphatic heterocycles. The molecule has 2 rings (SSSR count). The number of nitrogens with zero attached hydrogens (tertiary/aromatic N) is 2. The van der Waals surface area contributed by atoms with E-state index in [1.807, 2.05) is 24.3 Å². The predicted molar refractivity (Wildman–Crippen MR) is 71.6 cm³/mol. The van der Waals surface area contributed by atoms with Crippen molar-refractivity contribution < 1.29 is 14.1 Å². The number of aromatic nitrogens is 2. The Morgan fingerprint density at radius 2 is 2.11 bits per heavy atom. The Morgan fingerprint density at radius 3 is 2.79 bits per heavy atom. The van der Waals surface area contributed by atoms with Crippen LogP contribution in [0.3, 0.4) is 0 Å². The highest BCUT2D eigenvalue weighted by molar-refractivity contribution is 9.10. The first-order valence-electron chi connectivity index (χ1n) is 5.89. The smallest absolute Gasteiger partial charge is 0.315 e. The molecule has 0 radical (unpaired) electrons. The number of carbonyl (C=O) groups excluding carboxylic acids is 1. The number of ether oxygens (including phenoxy) is 1. The highest BCUT2D eigenvalue weighted by atomic mass is 79.9. The first-order chi connectivity index (χ1) is 9.17. The van der Waals surface area contributed by atoms with Gasteiger partial charge in [0, 0.05) is 10.9 Å². The molecule has 0 spiro atoms. The Hall–Kier alpha value is -1.69. The maximum Gasteiger partial charge on any atom is 0.315 e. The van der Waals surface area contributed by atoms with Crippen LogP contribution in [0.5, 0.6) is 0 Å². The third kappa shape index (κ3) is 4.17. The molecule has 0 saturated heterocycles. The molecule has 0 fully saturated rings. The average Bonchev–Trinajstić information content (AvgIpc) is 2.80. The Labute approximate surface area is 119 Å². The van der Waals surface area contributed by atoms with Gasteiger partial charge in [0.1, 0.15) is 6.42 Å². The van der Waals surface area contributed by atoms with Gasteiger partial charge in [-0.1, -0.05) is 33.2 Å². The van der Waals surface area contributed by atoms with Gasteiger partial charge in [-0.15, -0.1) is 0 Å². The van der Waals surface area contributed by atoms with Gasteiger partial charge in [-0.3, -0.25) is 4.79 Å². The molecule has 1 aromatic carbocycles. The summed E-state index contributed by atoms with van der Waals surface area (Å²) in [6.07, 6.45) is 0.584. The normalized spacial score (nSPS) is 10.4. The lowest BCUT2D eigenvalue weighted by Gasteiger charge is -1.97. The van der Waals surface area contributed by atoms with Gasteiger partial charge in [0.05, 0.1) is 6.61 Å². The van der Waals surface area contributed by atoms with E-state index in [-0.39, 0.29) is 18.3 Å². The van der Waals surface area contributed by atoms with E-state index in [2.05, 4.69) is 26.1 Å². The van der Waals surface area contributed by atoms with Crippen LogP contribution in [0.4, 0.5) is 0 Å². The molecular weight excluding hydrogens is 312 g/mol. The van der Waals surface area contributed by atoms with Gasteiger partial charge in [0.2, 0.25) is 5.89 Å². The molecule has 0 N–H and O–H groups in total. The standard InChI is InChI=1S/C13H13BrN2O3/c1-2-18-13(17)8-12-15-11(16-19-12)7-9-3-5-10(14)6-4-9/h3-6H,2,7-8H2,1H3. The average molecular weight is 325 g/mol. The fraction of sp³-hybridized carbons (Fsp3) is 0.308. The molecule has 0 bridgehead atoms. The Morgan fingerprint density at radius 1 is 1.37 bits per heavy atom. The van der Waals surface area contributed by atoms with Crippen LogP contribution in [0.25, 0.3) is 0 Å². The number of halogens is 1. The van der Waals surface area contributed by atoms with Gasteiger partial charge in [0.25, 0.3) is 0 Å². The number of hydrogen-bond acceptors (Lipinski definition) is 5. The van der Waals surface area contributed by atoms with Crippen LogP contribution in [-0.4, -0.2) is 22.7 Å². The van der Waals surface area contributed by atoms with Crippen LogP contribution in [0, 0.1) is 0 Å². The molecule has 100 valence electrons. The number of rotatable bonds is 5. The van der Waals surface area contributed by atoms with E-state index in [1.165, 1.54) is 0 Å². The third-order valence-electron chi connectivity index (χ3n) is 2.39. The largest absolute Gasteiger partial charge is 0.466 e. The van der Waals surface area contributed by atoms with E-state index in [1.54, 1.807) is 6.92 Å². The summed E-state index contributed by atoms with van der Waals surface area (Å²) in [5.74, 6) is 0.480. The van der Waals surface area contributed by atoms with E-state index in [4.69, 9.17) is 9.26 Å². The van der Waals surface area contributed by atoms with Crippen molar-refractivity contribution in [2.45, 2.75) is 19.8 Å². The fourth-order valence-electron chi connectivity index (χ4n) is 1.55. The molecule has 0 atom stereocenters. The van der Waals surface area contributed by atoms with Crippen LogP contribution in [0.15, 0.2) is 33.3 Å². The molecule has 1 heterocycles. The highest BCUT2D eigenvalue weighted by Crippen LogP contribution is 2.13. The van der Waals surface area contributed by atoms with Crippen molar-refractivity contribution in [1.82, 2.24) is 10.1 Å². The topological polar surface area (TPSA) is 65.2 Å². The van der Waals surface area contributed by atoms with E-state index in [0.717, 1.165) is 10.0 Å². The molecule has 0 unspecified atom stereocenters. The fourth-order valence-corrected chi connectivity index (χ4v) is 1.82. The van der Waals surface area contributed by atoms with Gasteiger partial charge in [-0.05, 0) is 24.6 Å². The Bertz CT molecular complexity index is 551. The molecule has 5 nitrogen and oxygen atoms in total. The SMILES string of the molecule is CCOC(=O)Cc1nc(Cc2ccc(Br)cc2)no1. The second-order valence-corrected chi connectivity index (χ2v) is 4.81. The van der Waals surface area contributed by atoms with Crippen molar-refractivity contribution in [3.05, 3.63) is 46.0 Å². The second kappa shape index (κ2) is 6.47. The first-order valence-corrected chi connectivity index (χ1v) is 6.68. The lowest BCUT2D eigenvalue weighted by Crippen LogP contribution is -2.07. The van der Waals surface area contributed by atoms with Crippen molar-refractivity contribution in [3.63, 3.8) is 0 Å². The molecule has 19 heavy (non-hydrogen) atoms. The summed E-state index contributed by atoms with van der Waals surface area (Å²) in [6.45, 7) is 2.10. The van der Waals surface area contributed by atoms with E-state index in [0.29, 0.717) is 18.9 Å². The van der Waals surface area contributed by atoms with Gasteiger partial charge < -0.3 is 9.26 Å². The van der Waals surface area contributed by atoms with Crippen molar-refractivity contribution >= 4 is 21.9 Å². The summed E-state index contributed by atoms with van der Waals surface area (Å²) in [6, 6.07) is 7.86. The molecule has 0 saturated carbocycles. The summed E-state index contributed by atoms with van der Waals surface area (Å²) in [4.78, 5) is 15.4. The van der Waals surface area contributed by atoms with Crippen LogP contribution in [0.2, 0.25) is 0 Å². The van der Waals surface area contributed by atoms with Gasteiger partial charge >= 0.3 is 5.97 Å². The van der Waals surface area contributed by atoms with Crippen LogP contribution in [0.1, 0.15) is 24.2 Å². The summed E-state index contributed by atoms with van der Waals surface area (Å²) in [5, 5.41) is 3.84. The van der Waals surface area contributed by atoms with Crippen molar-refractivity contribution in [3.8, 4) is 0 Å². The van der Waals surface area contributed by atoms with Gasteiger partial charge in [-0.2, -0.15) is 4.98 Å². The van der Waals surface area contributed by atoms with Crippen LogP contribution >= 0.6 is 15.9 Å². The molecule has 2 aromatic rings. The number of esters is 1. The number of benzene rings is 1. The molecule has 6 heteroatoms. The quantitative estimate of drug-likeness (QED) is 0.791. The van der Waals surface area contributed by atoms with Gasteiger partial charge in [0.15, 0.2) is 5.82 Å². The molecule has 1 aromatic heterocycles. The minimum Gasteiger partial charge on any atom is -0.466 e. The maximum absolute atomic E-state index is 11.3. The van der Waals surface area contributed by atoms with Crippen LogP contribution < -0.4 is 0 Å². The monoisotopic (exact) mass is 324 g/mol. The summed E-state index contributed by atoms with van der Waals surface area (Å²) in [5.41, 5.74) is 1.08. The van der Waals surface area contributed by atoms with Crippen LogP contribution in [-0.2, 0) is 22.4 Å². The molecule has 0 amide bonds. The van der Waals surface area contributed by atoms with E-state index in [9.17, 15) is 4.79 Å². The van der Waals surface area contributed by atoms with Gasteiger partial charge in [-0.25, -0.2) is 0 Å². The predicted octanol–water partition coefficient (Wildman–Crippen LogP) is 2.53. The number of hydrogen-bond donors (Lipinski definition) is 0. The van der Waals surface area contributed by atoms with Crippen molar-refractivity contribution in [1.29, 1.82) is 0 Å². The lowest BCUT2D eigenvalue weighted by molar-refractivity contribution is -0.142.